The molecule has 2 aromatic rings. The van der Waals surface area contributed by atoms with Crippen molar-refractivity contribution in [3.63, 3.8) is 0 Å². The van der Waals surface area contributed by atoms with Gasteiger partial charge in [-0.15, -0.1) is 10.2 Å². The molecule has 1 saturated heterocycles. The second kappa shape index (κ2) is 7.55. The Morgan fingerprint density at radius 2 is 1.86 bits per heavy atom. The third-order valence-electron chi connectivity index (χ3n) is 4.67. The van der Waals surface area contributed by atoms with Gasteiger partial charge in [0.05, 0.1) is 10.6 Å². The maximum Gasteiger partial charge on any atom is 0.416 e. The van der Waals surface area contributed by atoms with Crippen LogP contribution < -0.4 is 0 Å². The first-order chi connectivity index (χ1) is 13.3. The zero-order chi connectivity index (χ0) is 21.6. The number of hydrogen-bond acceptors (Lipinski definition) is 5. The van der Waals surface area contributed by atoms with Gasteiger partial charge < -0.3 is 4.42 Å². The van der Waals surface area contributed by atoms with E-state index in [0.717, 1.165) is 12.5 Å². The lowest BCUT2D eigenvalue weighted by Crippen LogP contribution is -2.38. The number of hydrogen-bond donors (Lipinski definition) is 0. The Hall–Kier alpha value is -1.65. The molecule has 1 aromatic carbocycles. The van der Waals surface area contributed by atoms with Crippen molar-refractivity contribution in [3.8, 4) is 0 Å². The number of rotatable bonds is 3. The normalized spacial score (nSPS) is 19.5. The van der Waals surface area contributed by atoms with Gasteiger partial charge in [0.15, 0.2) is 0 Å². The molecule has 11 heteroatoms. The summed E-state index contributed by atoms with van der Waals surface area (Å²) in [4.78, 5) is -0.380. The van der Waals surface area contributed by atoms with Crippen molar-refractivity contribution in [2.24, 2.45) is 0 Å². The van der Waals surface area contributed by atoms with Crippen molar-refractivity contribution < 1.29 is 26.0 Å². The minimum atomic E-state index is -4.62. The van der Waals surface area contributed by atoms with Crippen LogP contribution in [0.3, 0.4) is 0 Å². The lowest BCUT2D eigenvalue weighted by molar-refractivity contribution is -0.137. The molecule has 1 aliphatic rings. The van der Waals surface area contributed by atoms with Crippen molar-refractivity contribution >= 4 is 21.6 Å². The second-order valence-electron chi connectivity index (χ2n) is 7.97. The van der Waals surface area contributed by atoms with E-state index in [4.69, 9.17) is 16.0 Å². The molecule has 1 atom stereocenters. The van der Waals surface area contributed by atoms with E-state index < -0.39 is 38.2 Å². The van der Waals surface area contributed by atoms with Gasteiger partial charge in [-0.05, 0) is 31.0 Å². The van der Waals surface area contributed by atoms with E-state index in [1.165, 1.54) is 4.31 Å². The zero-order valence-electron chi connectivity index (χ0n) is 16.1. The highest BCUT2D eigenvalue weighted by molar-refractivity contribution is 7.89. The average molecular weight is 452 g/mol. The molecule has 0 unspecified atom stereocenters. The molecule has 1 aliphatic heterocycles. The molecule has 29 heavy (non-hydrogen) atoms. The molecule has 2 heterocycles. The largest absolute Gasteiger partial charge is 0.423 e. The third kappa shape index (κ3) is 4.44. The monoisotopic (exact) mass is 451 g/mol. The molecular weight excluding hydrogens is 431 g/mol. The Morgan fingerprint density at radius 1 is 1.17 bits per heavy atom. The molecule has 0 N–H and O–H groups in total. The Balaban J connectivity index is 1.99. The van der Waals surface area contributed by atoms with Crippen LogP contribution in [0.15, 0.2) is 27.5 Å². The summed E-state index contributed by atoms with van der Waals surface area (Å²) in [5, 5.41) is 7.57. The first kappa shape index (κ1) is 22.0. The summed E-state index contributed by atoms with van der Waals surface area (Å²) in [6.07, 6.45) is -2.80. The van der Waals surface area contributed by atoms with Crippen LogP contribution in [0.25, 0.3) is 0 Å². The van der Waals surface area contributed by atoms with Gasteiger partial charge in [0.2, 0.25) is 21.8 Å². The van der Waals surface area contributed by atoms with E-state index in [0.29, 0.717) is 30.9 Å². The first-order valence-electron chi connectivity index (χ1n) is 9.04. The molecule has 1 aromatic heterocycles. The number of aromatic nitrogens is 2. The molecule has 160 valence electrons. The molecule has 0 saturated carbocycles. The lowest BCUT2D eigenvalue weighted by atomic mass is 9.97. The molecule has 1 fully saturated rings. The van der Waals surface area contributed by atoms with Crippen LogP contribution >= 0.6 is 11.6 Å². The molecule has 0 amide bonds. The molecule has 0 bridgehead atoms. The van der Waals surface area contributed by atoms with Gasteiger partial charge in [0, 0.05) is 12.0 Å². The summed E-state index contributed by atoms with van der Waals surface area (Å²) in [7, 11) is -4.17. The Morgan fingerprint density at radius 3 is 2.41 bits per heavy atom. The number of benzene rings is 1. The van der Waals surface area contributed by atoms with E-state index >= 15 is 0 Å². The minimum Gasteiger partial charge on any atom is -0.423 e. The third-order valence-corrected chi connectivity index (χ3v) is 7.06. The Labute approximate surface area is 172 Å². The number of halogens is 4. The predicted octanol–water partition coefficient (Wildman–Crippen LogP) is 4.96. The van der Waals surface area contributed by atoms with Crippen molar-refractivity contribution in [2.75, 3.05) is 6.54 Å². The van der Waals surface area contributed by atoms with E-state index in [1.807, 2.05) is 20.8 Å². The van der Waals surface area contributed by atoms with Crippen molar-refractivity contribution in [3.05, 3.63) is 40.6 Å². The molecule has 0 radical (unpaired) electrons. The summed E-state index contributed by atoms with van der Waals surface area (Å²) in [5.74, 6) is 0.546. The van der Waals surface area contributed by atoms with Crippen molar-refractivity contribution in [1.82, 2.24) is 14.5 Å². The summed E-state index contributed by atoms with van der Waals surface area (Å²) in [6, 6.07) is 1.52. The predicted molar refractivity (Wildman–Crippen MR) is 99.9 cm³/mol. The van der Waals surface area contributed by atoms with E-state index in [9.17, 15) is 21.6 Å². The van der Waals surface area contributed by atoms with Gasteiger partial charge in [0.25, 0.3) is 0 Å². The molecular formula is C18H21ClF3N3O3S. The molecule has 0 spiro atoms. The fourth-order valence-electron chi connectivity index (χ4n) is 3.12. The van der Waals surface area contributed by atoms with Crippen LogP contribution in [-0.2, 0) is 21.6 Å². The van der Waals surface area contributed by atoms with Gasteiger partial charge in [-0.1, -0.05) is 38.8 Å². The minimum absolute atomic E-state index is 0.168. The first-order valence-corrected chi connectivity index (χ1v) is 10.9. The summed E-state index contributed by atoms with van der Waals surface area (Å²) < 4.78 is 72.0. The van der Waals surface area contributed by atoms with Crippen LogP contribution in [0.2, 0.25) is 5.02 Å². The Kier molecular flexibility index (Phi) is 5.74. The quantitative estimate of drug-likeness (QED) is 0.659. The van der Waals surface area contributed by atoms with E-state index in [1.54, 1.807) is 0 Å². The number of alkyl halides is 3. The van der Waals surface area contributed by atoms with Gasteiger partial charge in [0.1, 0.15) is 10.9 Å². The van der Waals surface area contributed by atoms with Crippen LogP contribution in [0.1, 0.15) is 63.4 Å². The van der Waals surface area contributed by atoms with Crippen LogP contribution in [0.4, 0.5) is 13.2 Å². The fraction of sp³-hybridized carbons (Fsp3) is 0.556. The number of nitrogens with zero attached hydrogens (tertiary/aromatic N) is 3. The number of piperidine rings is 1. The topological polar surface area (TPSA) is 76.3 Å². The smallest absolute Gasteiger partial charge is 0.416 e. The van der Waals surface area contributed by atoms with Crippen molar-refractivity contribution in [2.45, 2.75) is 62.6 Å². The highest BCUT2D eigenvalue weighted by atomic mass is 35.5. The SMILES string of the molecule is CC(C)(C)c1nnc([C@H]2CCCCN2S(=O)(=O)c2ccc(C(F)(F)F)cc2Cl)o1. The maximum absolute atomic E-state index is 13.2. The molecule has 6 nitrogen and oxygen atoms in total. The lowest BCUT2D eigenvalue weighted by Gasteiger charge is -2.32. The van der Waals surface area contributed by atoms with Crippen LogP contribution in [0, 0.1) is 0 Å². The zero-order valence-corrected chi connectivity index (χ0v) is 17.7. The van der Waals surface area contributed by atoms with Gasteiger partial charge in [-0.2, -0.15) is 17.5 Å². The van der Waals surface area contributed by atoms with Crippen LogP contribution in [0.5, 0.6) is 0 Å². The van der Waals surface area contributed by atoms with Gasteiger partial charge in [-0.25, -0.2) is 8.42 Å². The average Bonchev–Trinajstić information content (AvgIpc) is 3.11. The standard InChI is InChI=1S/C18H21ClF3N3O3S/c1-17(2,3)16-24-23-15(28-16)13-6-4-5-9-25(13)29(26,27)14-8-7-11(10-12(14)19)18(20,21)22/h7-8,10,13H,4-6,9H2,1-3H3/t13-/m1/s1. The summed E-state index contributed by atoms with van der Waals surface area (Å²) in [5.41, 5.74) is -1.41. The van der Waals surface area contributed by atoms with E-state index in [2.05, 4.69) is 10.2 Å². The molecule has 0 aliphatic carbocycles. The van der Waals surface area contributed by atoms with Gasteiger partial charge in [-0.3, -0.25) is 0 Å². The highest BCUT2D eigenvalue weighted by Crippen LogP contribution is 2.39. The fourth-order valence-corrected chi connectivity index (χ4v) is 5.30. The number of sulfonamides is 1. The summed E-state index contributed by atoms with van der Waals surface area (Å²) in [6.45, 7) is 5.85. The Bertz CT molecular complexity index is 1000. The summed E-state index contributed by atoms with van der Waals surface area (Å²) >= 11 is 5.94. The van der Waals surface area contributed by atoms with E-state index in [-0.39, 0.29) is 17.3 Å². The highest BCUT2D eigenvalue weighted by Gasteiger charge is 2.40. The van der Waals surface area contributed by atoms with Crippen molar-refractivity contribution in [1.29, 1.82) is 0 Å². The second-order valence-corrected chi connectivity index (χ2v) is 10.2. The van der Waals surface area contributed by atoms with Crippen LogP contribution in [-0.4, -0.2) is 29.5 Å². The molecule has 3 rings (SSSR count). The maximum atomic E-state index is 13.2. The van der Waals surface area contributed by atoms with Gasteiger partial charge >= 0.3 is 6.18 Å².